The molecule has 1 aliphatic carbocycles. The molecule has 0 spiro atoms. The molecule has 0 amide bonds. The zero-order chi connectivity index (χ0) is 25.9. The summed E-state index contributed by atoms with van der Waals surface area (Å²) in [7, 11) is 1.70. The molecule has 0 bridgehead atoms. The van der Waals surface area contributed by atoms with E-state index in [0.717, 1.165) is 35.5 Å². The largest absolute Gasteiger partial charge is 0.497 e. The van der Waals surface area contributed by atoms with Crippen LogP contribution < -0.4 is 9.47 Å². The van der Waals surface area contributed by atoms with Gasteiger partial charge < -0.3 is 9.47 Å². The first-order valence-electron chi connectivity index (χ1n) is 13.4. The summed E-state index contributed by atoms with van der Waals surface area (Å²) in [6.45, 7) is 4.42. The molecule has 186 valence electrons. The fraction of sp³-hybridized carbons (Fsp3) is 0.167. The lowest BCUT2D eigenvalue weighted by Gasteiger charge is -2.39. The van der Waals surface area contributed by atoms with Gasteiger partial charge in [-0.05, 0) is 89.6 Å². The summed E-state index contributed by atoms with van der Waals surface area (Å²) in [4.78, 5) is 0. The Bertz CT molecular complexity index is 1730. The molecule has 5 aromatic rings. The van der Waals surface area contributed by atoms with Crippen LogP contribution in [0.25, 0.3) is 28.0 Å². The van der Waals surface area contributed by atoms with Crippen molar-refractivity contribution >= 4 is 16.8 Å². The Hall–Kier alpha value is -4.30. The predicted molar refractivity (Wildman–Crippen MR) is 156 cm³/mol. The molecule has 0 saturated carbocycles. The second kappa shape index (κ2) is 8.63. The first-order valence-corrected chi connectivity index (χ1v) is 13.4. The summed E-state index contributed by atoms with van der Waals surface area (Å²) in [5.41, 5.74) is 10.5. The average Bonchev–Trinajstić information content (AvgIpc) is 2.98. The summed E-state index contributed by atoms with van der Waals surface area (Å²) >= 11 is 0. The smallest absolute Gasteiger partial charge is 0.178 e. The summed E-state index contributed by atoms with van der Waals surface area (Å²) in [6.07, 6.45) is 6.58. The van der Waals surface area contributed by atoms with E-state index in [0.29, 0.717) is 0 Å². The van der Waals surface area contributed by atoms with Crippen LogP contribution in [0, 0.1) is 13.8 Å². The van der Waals surface area contributed by atoms with Crippen molar-refractivity contribution in [1.29, 1.82) is 0 Å². The Balaban J connectivity index is 1.56. The molecule has 0 N–H and O–H groups in total. The molecule has 1 atom stereocenters. The highest BCUT2D eigenvalue weighted by Crippen LogP contribution is 2.52. The van der Waals surface area contributed by atoms with Crippen LogP contribution in [0.1, 0.15) is 38.9 Å². The van der Waals surface area contributed by atoms with Gasteiger partial charge in [-0.3, -0.25) is 0 Å². The van der Waals surface area contributed by atoms with Crippen molar-refractivity contribution in [3.8, 4) is 22.6 Å². The number of fused-ring (bicyclic) bond motifs is 8. The van der Waals surface area contributed by atoms with Gasteiger partial charge in [0.2, 0.25) is 0 Å². The number of methoxy groups -OCH3 is 1. The van der Waals surface area contributed by atoms with E-state index in [9.17, 15) is 0 Å². The molecular weight excluding hydrogens is 464 g/mol. The van der Waals surface area contributed by atoms with Crippen LogP contribution in [-0.2, 0) is 18.4 Å². The molecule has 2 aliphatic rings. The number of rotatable bonds is 3. The molecule has 0 aromatic heterocycles. The third kappa shape index (κ3) is 3.33. The lowest BCUT2D eigenvalue weighted by atomic mass is 9.77. The fourth-order valence-corrected chi connectivity index (χ4v) is 6.27. The van der Waals surface area contributed by atoms with Gasteiger partial charge in [-0.25, -0.2) is 0 Å². The van der Waals surface area contributed by atoms with Crippen LogP contribution in [0.4, 0.5) is 0 Å². The van der Waals surface area contributed by atoms with Gasteiger partial charge in [0.1, 0.15) is 11.5 Å². The molecule has 0 fully saturated rings. The quantitative estimate of drug-likeness (QED) is 0.250. The predicted octanol–water partition coefficient (Wildman–Crippen LogP) is 8.58. The highest BCUT2D eigenvalue weighted by molar-refractivity contribution is 6.04. The Morgan fingerprint density at radius 3 is 2.18 bits per heavy atom. The Morgan fingerprint density at radius 2 is 1.42 bits per heavy atom. The second-order valence-corrected chi connectivity index (χ2v) is 10.5. The number of ether oxygens (including phenoxy) is 2. The van der Waals surface area contributed by atoms with Gasteiger partial charge >= 0.3 is 0 Å². The first-order chi connectivity index (χ1) is 18.6. The van der Waals surface area contributed by atoms with Crippen molar-refractivity contribution in [1.82, 2.24) is 0 Å². The molecular formula is C36H30O2. The van der Waals surface area contributed by atoms with E-state index in [2.05, 4.69) is 105 Å². The van der Waals surface area contributed by atoms with E-state index in [1.54, 1.807) is 7.11 Å². The van der Waals surface area contributed by atoms with Crippen LogP contribution in [-0.4, -0.2) is 7.11 Å². The number of aryl methyl sites for hydroxylation is 4. The summed E-state index contributed by atoms with van der Waals surface area (Å²) < 4.78 is 12.8. The van der Waals surface area contributed by atoms with Crippen molar-refractivity contribution in [2.75, 3.05) is 7.11 Å². The van der Waals surface area contributed by atoms with E-state index in [-0.39, 0.29) is 0 Å². The molecule has 38 heavy (non-hydrogen) atoms. The summed E-state index contributed by atoms with van der Waals surface area (Å²) in [6, 6.07) is 32.4. The number of hydrogen-bond donors (Lipinski definition) is 0. The maximum atomic E-state index is 7.37. The minimum Gasteiger partial charge on any atom is -0.497 e. The normalized spacial score (nSPS) is 17.3. The van der Waals surface area contributed by atoms with Crippen molar-refractivity contribution < 1.29 is 9.47 Å². The van der Waals surface area contributed by atoms with Crippen molar-refractivity contribution in [2.24, 2.45) is 0 Å². The zero-order valence-electron chi connectivity index (χ0n) is 22.0. The van der Waals surface area contributed by atoms with Crippen molar-refractivity contribution in [3.63, 3.8) is 0 Å². The lowest BCUT2D eigenvalue weighted by molar-refractivity contribution is 0.162. The minimum absolute atomic E-state index is 0.756. The van der Waals surface area contributed by atoms with Crippen LogP contribution in [0.5, 0.6) is 11.5 Å². The molecule has 0 radical (unpaired) electrons. The summed E-state index contributed by atoms with van der Waals surface area (Å²) in [5.74, 6) is 1.81. The molecule has 2 heteroatoms. The Labute approximate surface area is 224 Å². The van der Waals surface area contributed by atoms with E-state index in [4.69, 9.17) is 9.47 Å². The highest BCUT2D eigenvalue weighted by Gasteiger charge is 2.40. The van der Waals surface area contributed by atoms with Crippen LogP contribution in [0.15, 0.2) is 97.1 Å². The topological polar surface area (TPSA) is 18.5 Å². The third-order valence-electron chi connectivity index (χ3n) is 8.42. The number of benzene rings is 5. The molecule has 5 aromatic carbocycles. The van der Waals surface area contributed by atoms with Crippen LogP contribution >= 0.6 is 0 Å². The van der Waals surface area contributed by atoms with Gasteiger partial charge in [-0.1, -0.05) is 78.9 Å². The van der Waals surface area contributed by atoms with Crippen LogP contribution in [0.3, 0.4) is 0 Å². The maximum Gasteiger partial charge on any atom is 0.178 e. The van der Waals surface area contributed by atoms with Gasteiger partial charge in [-0.2, -0.15) is 0 Å². The average molecular weight is 495 g/mol. The molecule has 1 aliphatic heterocycles. The van der Waals surface area contributed by atoms with E-state index >= 15 is 0 Å². The van der Waals surface area contributed by atoms with E-state index < -0.39 is 5.60 Å². The lowest BCUT2D eigenvalue weighted by Crippen LogP contribution is -2.34. The van der Waals surface area contributed by atoms with E-state index in [1.807, 2.05) is 12.1 Å². The van der Waals surface area contributed by atoms with Gasteiger partial charge in [-0.15, -0.1) is 0 Å². The van der Waals surface area contributed by atoms with Crippen molar-refractivity contribution in [3.05, 3.63) is 136 Å². The second-order valence-electron chi connectivity index (χ2n) is 10.5. The molecule has 1 unspecified atom stereocenters. The SMILES string of the molecule is COc1ccc(C2(c3ccccc3)C=Cc3c(c4c(c5cc(C)c(C)cc35)CCc3ccccc3-4)O2)cc1. The molecule has 1 heterocycles. The molecule has 2 nitrogen and oxygen atoms in total. The van der Waals surface area contributed by atoms with Crippen molar-refractivity contribution in [2.45, 2.75) is 32.3 Å². The first kappa shape index (κ1) is 22.9. The monoisotopic (exact) mass is 494 g/mol. The molecule has 7 rings (SSSR count). The van der Waals surface area contributed by atoms with E-state index in [1.165, 1.54) is 49.7 Å². The number of hydrogen-bond acceptors (Lipinski definition) is 2. The maximum absolute atomic E-state index is 7.37. The van der Waals surface area contributed by atoms with Gasteiger partial charge in [0.05, 0.1) is 7.11 Å². The van der Waals surface area contributed by atoms with Gasteiger partial charge in [0.25, 0.3) is 0 Å². The third-order valence-corrected chi connectivity index (χ3v) is 8.42. The summed E-state index contributed by atoms with van der Waals surface area (Å²) in [5, 5.41) is 2.62. The van der Waals surface area contributed by atoms with Crippen LogP contribution in [0.2, 0.25) is 0 Å². The highest BCUT2D eigenvalue weighted by atomic mass is 16.5. The minimum atomic E-state index is -0.756. The molecule has 0 saturated heterocycles. The van der Waals surface area contributed by atoms with Gasteiger partial charge in [0.15, 0.2) is 5.60 Å². The van der Waals surface area contributed by atoms with Gasteiger partial charge in [0, 0.05) is 22.3 Å². The Morgan fingerprint density at radius 1 is 0.737 bits per heavy atom. The standard InChI is InChI=1S/C36H30O2/c1-23-21-32-30-18-13-25-9-7-8-12-29(25)34(30)35-31(33(32)22-24(23)2)19-20-36(38-35,26-10-5-4-6-11-26)27-14-16-28(37-3)17-15-27/h4-12,14-17,19-22H,13,18H2,1-3H3. The Kier molecular flexibility index (Phi) is 5.19. The fourth-order valence-electron chi connectivity index (χ4n) is 6.27. The zero-order valence-corrected chi connectivity index (χ0v) is 22.0.